The van der Waals surface area contributed by atoms with Gasteiger partial charge in [-0.25, -0.2) is 4.79 Å². The van der Waals surface area contributed by atoms with E-state index >= 15 is 0 Å². The number of carbonyl (C=O) groups is 2. The minimum Gasteiger partial charge on any atom is -0.480 e. The van der Waals surface area contributed by atoms with Crippen LogP contribution >= 0.6 is 15.9 Å². The van der Waals surface area contributed by atoms with Crippen molar-refractivity contribution in [1.82, 2.24) is 0 Å². The first-order chi connectivity index (χ1) is 9.24. The van der Waals surface area contributed by atoms with Crippen molar-refractivity contribution in [2.75, 3.05) is 17.2 Å². The Balaban J connectivity index is 2.18. The third-order valence-electron chi connectivity index (χ3n) is 2.31. The van der Waals surface area contributed by atoms with Gasteiger partial charge in [0.15, 0.2) is 12.4 Å². The molecule has 2 rings (SSSR count). The first-order valence-corrected chi connectivity index (χ1v) is 6.80. The number of halogens is 1. The molecule has 108 valence electrons. The number of fused-ring (bicyclic) bond motifs is 1. The number of carbonyl (C=O) groups excluding carboxylic acids is 2. The van der Waals surface area contributed by atoms with Crippen LogP contribution in [0.3, 0.4) is 0 Å². The summed E-state index contributed by atoms with van der Waals surface area (Å²) < 4.78 is 11.1. The van der Waals surface area contributed by atoms with Crippen LogP contribution in [0, 0.1) is 0 Å². The number of anilines is 2. The molecule has 1 aliphatic rings. The average molecular weight is 343 g/mol. The van der Waals surface area contributed by atoms with Crippen molar-refractivity contribution in [1.29, 1.82) is 0 Å². The minimum atomic E-state index is -0.577. The van der Waals surface area contributed by atoms with Crippen LogP contribution in [-0.4, -0.2) is 24.2 Å². The molecular weight excluding hydrogens is 328 g/mol. The summed E-state index contributed by atoms with van der Waals surface area (Å²) in [6.07, 6.45) is -0.563. The van der Waals surface area contributed by atoms with E-state index in [4.69, 9.17) is 9.47 Å². The van der Waals surface area contributed by atoms with Gasteiger partial charge in [0.05, 0.1) is 10.2 Å². The highest BCUT2D eigenvalue weighted by atomic mass is 79.9. The Morgan fingerprint density at radius 2 is 2.15 bits per heavy atom. The highest BCUT2D eigenvalue weighted by Gasteiger charge is 2.21. The van der Waals surface area contributed by atoms with Crippen LogP contribution in [0.15, 0.2) is 16.6 Å². The summed E-state index contributed by atoms with van der Waals surface area (Å²) in [5.74, 6) is 0.304. The number of hydrogen-bond donors (Lipinski definition) is 2. The molecule has 6 nitrogen and oxygen atoms in total. The maximum absolute atomic E-state index is 11.7. The number of benzene rings is 1. The molecule has 0 aromatic heterocycles. The number of nitrogens with one attached hydrogen (secondary N) is 2. The van der Waals surface area contributed by atoms with E-state index in [-0.39, 0.29) is 12.5 Å². The van der Waals surface area contributed by atoms with Gasteiger partial charge in [0.25, 0.3) is 5.91 Å². The van der Waals surface area contributed by atoms with Crippen LogP contribution in [0.25, 0.3) is 0 Å². The second kappa shape index (κ2) is 5.32. The van der Waals surface area contributed by atoms with Crippen LogP contribution in [0.5, 0.6) is 5.75 Å². The van der Waals surface area contributed by atoms with Crippen molar-refractivity contribution in [2.24, 2.45) is 0 Å². The molecule has 20 heavy (non-hydrogen) atoms. The molecular formula is C13H15BrN2O4. The molecule has 0 radical (unpaired) electrons. The maximum atomic E-state index is 11.7. The molecule has 2 amide bonds. The van der Waals surface area contributed by atoms with Crippen LogP contribution < -0.4 is 15.4 Å². The summed E-state index contributed by atoms with van der Waals surface area (Å²) in [6, 6.07) is 3.29. The SMILES string of the molecule is CC(C)(C)OC(=O)Nc1cc(Br)c2c(c1)NC(=O)CO2. The Labute approximate surface area is 124 Å². The lowest BCUT2D eigenvalue weighted by atomic mass is 10.2. The zero-order chi connectivity index (χ0) is 14.9. The molecule has 0 spiro atoms. The van der Waals surface area contributed by atoms with Gasteiger partial charge >= 0.3 is 6.09 Å². The van der Waals surface area contributed by atoms with Gasteiger partial charge < -0.3 is 14.8 Å². The van der Waals surface area contributed by atoms with E-state index < -0.39 is 11.7 Å². The molecule has 0 fully saturated rings. The number of hydrogen-bond acceptors (Lipinski definition) is 4. The molecule has 7 heteroatoms. The lowest BCUT2D eigenvalue weighted by molar-refractivity contribution is -0.118. The van der Waals surface area contributed by atoms with Gasteiger partial charge in [-0.15, -0.1) is 0 Å². The molecule has 0 atom stereocenters. The Hall–Kier alpha value is -1.76. The highest BCUT2D eigenvalue weighted by Crippen LogP contribution is 2.38. The Morgan fingerprint density at radius 3 is 2.80 bits per heavy atom. The normalized spacial score (nSPS) is 13.9. The summed E-state index contributed by atoms with van der Waals surface area (Å²) in [4.78, 5) is 23.0. The molecule has 1 aliphatic heterocycles. The van der Waals surface area contributed by atoms with Crippen LogP contribution in [-0.2, 0) is 9.53 Å². The highest BCUT2D eigenvalue weighted by molar-refractivity contribution is 9.10. The van der Waals surface area contributed by atoms with Gasteiger partial charge in [-0.1, -0.05) is 0 Å². The molecule has 0 bridgehead atoms. The lowest BCUT2D eigenvalue weighted by Crippen LogP contribution is -2.28. The number of amides is 2. The third kappa shape index (κ3) is 3.63. The van der Waals surface area contributed by atoms with Crippen molar-refractivity contribution < 1.29 is 19.1 Å². The molecule has 0 unspecified atom stereocenters. The number of rotatable bonds is 1. The van der Waals surface area contributed by atoms with E-state index in [1.807, 2.05) is 0 Å². The van der Waals surface area contributed by atoms with E-state index in [9.17, 15) is 9.59 Å². The Morgan fingerprint density at radius 1 is 1.45 bits per heavy atom. The summed E-state index contributed by atoms with van der Waals surface area (Å²) in [6.45, 7) is 5.32. The molecule has 2 N–H and O–H groups in total. The second-order valence-corrected chi connectivity index (χ2v) is 6.15. The van der Waals surface area contributed by atoms with Crippen LogP contribution in [0.1, 0.15) is 20.8 Å². The topological polar surface area (TPSA) is 76.7 Å². The molecule has 0 aliphatic carbocycles. The lowest BCUT2D eigenvalue weighted by Gasteiger charge is -2.22. The van der Waals surface area contributed by atoms with Gasteiger partial charge in [-0.3, -0.25) is 10.1 Å². The summed E-state index contributed by atoms with van der Waals surface area (Å²) in [5, 5.41) is 5.28. The molecule has 1 heterocycles. The molecule has 1 aromatic carbocycles. The van der Waals surface area contributed by atoms with E-state index in [0.717, 1.165) is 0 Å². The zero-order valence-corrected chi connectivity index (χ0v) is 13.0. The first kappa shape index (κ1) is 14.6. The fourth-order valence-corrected chi connectivity index (χ4v) is 2.23. The fourth-order valence-electron chi connectivity index (χ4n) is 1.65. The van der Waals surface area contributed by atoms with Crippen molar-refractivity contribution in [2.45, 2.75) is 26.4 Å². The molecule has 0 saturated heterocycles. The summed E-state index contributed by atoms with van der Waals surface area (Å²) >= 11 is 3.34. The quantitative estimate of drug-likeness (QED) is 0.821. The number of ether oxygens (including phenoxy) is 2. The van der Waals surface area contributed by atoms with E-state index in [2.05, 4.69) is 26.6 Å². The summed E-state index contributed by atoms with van der Waals surface area (Å²) in [7, 11) is 0. The fraction of sp³-hybridized carbons (Fsp3) is 0.385. The van der Waals surface area contributed by atoms with Gasteiger partial charge in [-0.2, -0.15) is 0 Å². The smallest absolute Gasteiger partial charge is 0.412 e. The van der Waals surface area contributed by atoms with Gasteiger partial charge in [0, 0.05) is 5.69 Å². The van der Waals surface area contributed by atoms with Crippen molar-refractivity contribution in [3.05, 3.63) is 16.6 Å². The standard InChI is InChI=1S/C13H15BrN2O4/c1-13(2,3)20-12(18)15-7-4-8(14)11-9(5-7)16-10(17)6-19-11/h4-5H,6H2,1-3H3,(H,15,18)(H,16,17). The van der Waals surface area contributed by atoms with Crippen molar-refractivity contribution in [3.8, 4) is 5.75 Å². The van der Waals surface area contributed by atoms with Gasteiger partial charge in [0.1, 0.15) is 5.60 Å². The van der Waals surface area contributed by atoms with Crippen molar-refractivity contribution >= 4 is 39.3 Å². The Bertz CT molecular complexity index is 566. The van der Waals surface area contributed by atoms with Crippen LogP contribution in [0.2, 0.25) is 0 Å². The maximum Gasteiger partial charge on any atom is 0.412 e. The first-order valence-electron chi connectivity index (χ1n) is 6.01. The third-order valence-corrected chi connectivity index (χ3v) is 2.90. The minimum absolute atomic E-state index is 0.0234. The Kier molecular flexibility index (Phi) is 3.89. The summed E-state index contributed by atoms with van der Waals surface area (Å²) in [5.41, 5.74) is 0.421. The molecule has 1 aromatic rings. The van der Waals surface area contributed by atoms with E-state index in [1.54, 1.807) is 32.9 Å². The van der Waals surface area contributed by atoms with E-state index in [0.29, 0.717) is 21.6 Å². The van der Waals surface area contributed by atoms with Crippen LogP contribution in [0.4, 0.5) is 16.2 Å². The average Bonchev–Trinajstić information content (AvgIpc) is 2.24. The van der Waals surface area contributed by atoms with E-state index in [1.165, 1.54) is 0 Å². The molecule has 0 saturated carbocycles. The zero-order valence-electron chi connectivity index (χ0n) is 11.4. The van der Waals surface area contributed by atoms with Gasteiger partial charge in [-0.05, 0) is 48.8 Å². The van der Waals surface area contributed by atoms with Crippen molar-refractivity contribution in [3.63, 3.8) is 0 Å². The largest absolute Gasteiger partial charge is 0.480 e. The second-order valence-electron chi connectivity index (χ2n) is 5.30. The van der Waals surface area contributed by atoms with Gasteiger partial charge in [0.2, 0.25) is 0 Å². The predicted molar refractivity (Wildman–Crippen MR) is 78.1 cm³/mol. The monoisotopic (exact) mass is 342 g/mol. The predicted octanol–water partition coefficient (Wildman–Crippen LogP) is 3.13.